The highest BCUT2D eigenvalue weighted by Crippen LogP contribution is 2.20. The lowest BCUT2D eigenvalue weighted by Gasteiger charge is -2.15. The molecular formula is C9H17N3OS2. The van der Waals surface area contributed by atoms with E-state index in [4.69, 9.17) is 5.11 Å². The van der Waals surface area contributed by atoms with Gasteiger partial charge in [-0.3, -0.25) is 0 Å². The molecule has 2 N–H and O–H groups in total. The molecule has 1 aromatic rings. The number of nitrogens with zero attached hydrogens (tertiary/aromatic N) is 2. The average molecular weight is 247 g/mol. The van der Waals surface area contributed by atoms with Gasteiger partial charge in [0.15, 0.2) is 4.34 Å². The van der Waals surface area contributed by atoms with Crippen molar-refractivity contribution in [1.29, 1.82) is 0 Å². The number of aliphatic hydroxyl groups excluding tert-OH is 1. The maximum Gasteiger partial charge on any atom is 0.174 e. The van der Waals surface area contributed by atoms with E-state index in [1.807, 2.05) is 0 Å². The predicted octanol–water partition coefficient (Wildman–Crippen LogP) is 1.38. The Morgan fingerprint density at radius 2 is 2.53 bits per heavy atom. The molecule has 0 saturated carbocycles. The lowest BCUT2D eigenvalue weighted by Crippen LogP contribution is -2.32. The van der Waals surface area contributed by atoms with Crippen molar-refractivity contribution in [2.45, 2.75) is 30.1 Å². The third-order valence-electron chi connectivity index (χ3n) is 1.91. The molecule has 1 aromatic heterocycles. The third kappa shape index (κ3) is 5.46. The van der Waals surface area contributed by atoms with Crippen LogP contribution in [0.3, 0.4) is 0 Å². The Labute approximate surface area is 98.5 Å². The molecular weight excluding hydrogens is 230 g/mol. The maximum absolute atomic E-state index is 8.92. The summed E-state index contributed by atoms with van der Waals surface area (Å²) in [4.78, 5) is 0. The van der Waals surface area contributed by atoms with E-state index in [2.05, 4.69) is 22.4 Å². The molecule has 0 aliphatic carbocycles. The molecule has 1 unspecified atom stereocenters. The van der Waals surface area contributed by atoms with Gasteiger partial charge in [0.05, 0.1) is 0 Å². The first-order valence-corrected chi connectivity index (χ1v) is 6.96. The summed E-state index contributed by atoms with van der Waals surface area (Å²) < 4.78 is 0.997. The Morgan fingerprint density at radius 1 is 1.67 bits per heavy atom. The summed E-state index contributed by atoms with van der Waals surface area (Å²) in [6.07, 6.45) is 1.91. The Kier molecular flexibility index (Phi) is 6.91. The molecule has 0 aliphatic rings. The van der Waals surface area contributed by atoms with Crippen LogP contribution in [0.15, 0.2) is 9.85 Å². The van der Waals surface area contributed by atoms with E-state index in [0.717, 1.165) is 29.5 Å². The van der Waals surface area contributed by atoms with E-state index in [-0.39, 0.29) is 6.61 Å². The molecule has 0 radical (unpaired) electrons. The second-order valence-corrected chi connectivity index (χ2v) is 5.28. The second kappa shape index (κ2) is 8.04. The molecule has 4 nitrogen and oxygen atoms in total. The standard InChI is InChI=1S/C9H17N3OS2/c1-2-4-10-8(3-5-13)6-14-9-12-11-7-15-9/h7-8,10,13H,2-6H2,1H3. The van der Waals surface area contributed by atoms with Crippen molar-refractivity contribution in [1.82, 2.24) is 15.5 Å². The van der Waals surface area contributed by atoms with Gasteiger partial charge in [-0.05, 0) is 19.4 Å². The first kappa shape index (κ1) is 12.9. The second-order valence-electron chi connectivity index (χ2n) is 3.18. The molecule has 15 heavy (non-hydrogen) atoms. The fourth-order valence-corrected chi connectivity index (χ4v) is 2.76. The topological polar surface area (TPSA) is 58.0 Å². The zero-order valence-electron chi connectivity index (χ0n) is 8.85. The maximum atomic E-state index is 8.92. The average Bonchev–Trinajstić information content (AvgIpc) is 2.75. The summed E-state index contributed by atoms with van der Waals surface area (Å²) in [6, 6.07) is 0.365. The Morgan fingerprint density at radius 3 is 3.13 bits per heavy atom. The summed E-state index contributed by atoms with van der Waals surface area (Å²) >= 11 is 3.25. The van der Waals surface area contributed by atoms with Crippen molar-refractivity contribution in [2.24, 2.45) is 0 Å². The zero-order chi connectivity index (χ0) is 10.9. The van der Waals surface area contributed by atoms with Gasteiger partial charge >= 0.3 is 0 Å². The lowest BCUT2D eigenvalue weighted by atomic mass is 10.2. The first-order valence-electron chi connectivity index (χ1n) is 5.10. The van der Waals surface area contributed by atoms with Crippen LogP contribution in [0.2, 0.25) is 0 Å². The SMILES string of the molecule is CCCNC(CCO)CSc1nncs1. The summed E-state index contributed by atoms with van der Waals surface area (Å²) in [7, 11) is 0. The minimum Gasteiger partial charge on any atom is -0.396 e. The van der Waals surface area contributed by atoms with E-state index >= 15 is 0 Å². The molecule has 0 bridgehead atoms. The van der Waals surface area contributed by atoms with Crippen molar-refractivity contribution in [2.75, 3.05) is 18.9 Å². The summed E-state index contributed by atoms with van der Waals surface area (Å²) in [5.74, 6) is 0.940. The van der Waals surface area contributed by atoms with Gasteiger partial charge in [0.25, 0.3) is 0 Å². The fraction of sp³-hybridized carbons (Fsp3) is 0.778. The van der Waals surface area contributed by atoms with Gasteiger partial charge in [-0.25, -0.2) is 0 Å². The van der Waals surface area contributed by atoms with Crippen LogP contribution in [0.1, 0.15) is 19.8 Å². The molecule has 0 spiro atoms. The van der Waals surface area contributed by atoms with E-state index in [1.165, 1.54) is 0 Å². The summed E-state index contributed by atoms with van der Waals surface area (Å²) in [5.41, 5.74) is 1.74. The van der Waals surface area contributed by atoms with Crippen molar-refractivity contribution in [3.8, 4) is 0 Å². The van der Waals surface area contributed by atoms with Crippen molar-refractivity contribution < 1.29 is 5.11 Å². The Balaban J connectivity index is 2.24. The largest absolute Gasteiger partial charge is 0.396 e. The van der Waals surface area contributed by atoms with E-state index in [9.17, 15) is 0 Å². The number of hydrogen-bond acceptors (Lipinski definition) is 6. The molecule has 0 saturated heterocycles. The van der Waals surface area contributed by atoms with Gasteiger partial charge in [-0.2, -0.15) is 0 Å². The van der Waals surface area contributed by atoms with Crippen LogP contribution in [-0.2, 0) is 0 Å². The van der Waals surface area contributed by atoms with Crippen molar-refractivity contribution >= 4 is 23.1 Å². The van der Waals surface area contributed by atoms with Crippen LogP contribution < -0.4 is 5.32 Å². The smallest absolute Gasteiger partial charge is 0.174 e. The minimum atomic E-state index is 0.234. The van der Waals surface area contributed by atoms with Gasteiger partial charge in [-0.1, -0.05) is 30.0 Å². The molecule has 86 valence electrons. The van der Waals surface area contributed by atoms with Crippen LogP contribution in [0.25, 0.3) is 0 Å². The van der Waals surface area contributed by atoms with Crippen molar-refractivity contribution in [3.63, 3.8) is 0 Å². The molecule has 0 fully saturated rings. The normalized spacial score (nSPS) is 12.9. The van der Waals surface area contributed by atoms with Crippen LogP contribution in [0.5, 0.6) is 0 Å². The molecule has 0 aromatic carbocycles. The van der Waals surface area contributed by atoms with Gasteiger partial charge in [0.1, 0.15) is 5.51 Å². The summed E-state index contributed by atoms with van der Waals surface area (Å²) in [6.45, 7) is 3.38. The molecule has 1 heterocycles. The van der Waals surface area contributed by atoms with Gasteiger partial charge in [-0.15, -0.1) is 10.2 Å². The van der Waals surface area contributed by atoms with Gasteiger partial charge < -0.3 is 10.4 Å². The zero-order valence-corrected chi connectivity index (χ0v) is 10.5. The fourth-order valence-electron chi connectivity index (χ4n) is 1.15. The van der Waals surface area contributed by atoms with Crippen LogP contribution >= 0.6 is 23.1 Å². The molecule has 1 rings (SSSR count). The highest BCUT2D eigenvalue weighted by molar-refractivity contribution is 8.01. The third-order valence-corrected chi connectivity index (χ3v) is 3.93. The Hall–Kier alpha value is -0.170. The summed E-state index contributed by atoms with van der Waals surface area (Å²) in [5, 5.41) is 20.1. The molecule has 1 atom stereocenters. The highest BCUT2D eigenvalue weighted by Gasteiger charge is 2.08. The molecule has 6 heteroatoms. The number of thioether (sulfide) groups is 1. The molecule has 0 amide bonds. The monoisotopic (exact) mass is 247 g/mol. The quantitative estimate of drug-likeness (QED) is 0.680. The number of hydrogen-bond donors (Lipinski definition) is 2. The van der Waals surface area contributed by atoms with Gasteiger partial charge in [0.2, 0.25) is 0 Å². The predicted molar refractivity (Wildman–Crippen MR) is 64.4 cm³/mol. The van der Waals surface area contributed by atoms with E-state index in [0.29, 0.717) is 6.04 Å². The molecule has 0 aliphatic heterocycles. The van der Waals surface area contributed by atoms with E-state index < -0.39 is 0 Å². The minimum absolute atomic E-state index is 0.234. The number of aromatic nitrogens is 2. The van der Waals surface area contributed by atoms with Gasteiger partial charge in [0, 0.05) is 18.4 Å². The van der Waals surface area contributed by atoms with Crippen LogP contribution in [0, 0.1) is 0 Å². The van der Waals surface area contributed by atoms with Crippen LogP contribution in [0.4, 0.5) is 0 Å². The van der Waals surface area contributed by atoms with Crippen molar-refractivity contribution in [3.05, 3.63) is 5.51 Å². The van der Waals surface area contributed by atoms with E-state index in [1.54, 1.807) is 28.6 Å². The van der Waals surface area contributed by atoms with Crippen LogP contribution in [-0.4, -0.2) is 40.3 Å². The first-order chi connectivity index (χ1) is 7.36. The highest BCUT2D eigenvalue weighted by atomic mass is 32.2. The number of aliphatic hydroxyl groups is 1. The number of rotatable bonds is 8. The number of nitrogens with one attached hydrogen (secondary N) is 1. The Bertz CT molecular complexity index is 244. The lowest BCUT2D eigenvalue weighted by molar-refractivity contribution is 0.270.